The molecule has 3 rings (SSSR count). The summed E-state index contributed by atoms with van der Waals surface area (Å²) in [7, 11) is 0. The van der Waals surface area contributed by atoms with Crippen LogP contribution in [0.25, 0.3) is 0 Å². The molecule has 1 aromatic rings. The van der Waals surface area contributed by atoms with Gasteiger partial charge in [0.1, 0.15) is 6.04 Å². The van der Waals surface area contributed by atoms with Gasteiger partial charge in [0.2, 0.25) is 11.8 Å². The first-order chi connectivity index (χ1) is 10.7. The summed E-state index contributed by atoms with van der Waals surface area (Å²) >= 11 is 0. The van der Waals surface area contributed by atoms with Gasteiger partial charge in [-0.15, -0.1) is 5.10 Å². The number of hydrogen-bond acceptors (Lipinski definition) is 6. The fraction of sp³-hybridized carbons (Fsp3) is 0.692. The zero-order chi connectivity index (χ0) is 15.5. The van der Waals surface area contributed by atoms with Crippen LogP contribution in [0.15, 0.2) is 0 Å². The van der Waals surface area contributed by atoms with Crippen LogP contribution in [0.4, 0.5) is 5.82 Å². The Balaban J connectivity index is 1.69. The maximum Gasteiger partial charge on any atom is 0.240 e. The van der Waals surface area contributed by atoms with E-state index in [1.54, 1.807) is 4.90 Å². The van der Waals surface area contributed by atoms with E-state index < -0.39 is 11.9 Å². The molecule has 1 atom stereocenters. The third kappa shape index (κ3) is 2.89. The molecule has 9 heteroatoms. The molecule has 0 aliphatic carbocycles. The van der Waals surface area contributed by atoms with Crippen molar-refractivity contribution in [1.29, 1.82) is 0 Å². The molecule has 120 valence electrons. The number of nitrogens with one attached hydrogen (secondary N) is 2. The molecule has 0 radical (unpaired) electrons. The van der Waals surface area contributed by atoms with Gasteiger partial charge in [-0.05, 0) is 12.8 Å². The lowest BCUT2D eigenvalue weighted by molar-refractivity contribution is -0.136. The first kappa shape index (κ1) is 14.8. The van der Waals surface area contributed by atoms with Crippen LogP contribution in [0, 0.1) is 0 Å². The summed E-state index contributed by atoms with van der Waals surface area (Å²) in [5.74, 6) is 0.185. The number of nitrogens with zero attached hydrogens (tertiary/aromatic N) is 4. The zero-order valence-electron chi connectivity index (χ0n) is 12.4. The van der Waals surface area contributed by atoms with E-state index in [9.17, 15) is 9.59 Å². The molecule has 2 amide bonds. The lowest BCUT2D eigenvalue weighted by atomic mass is 10.2. The summed E-state index contributed by atoms with van der Waals surface area (Å²) in [6, 6.07) is -0.481. The van der Waals surface area contributed by atoms with Crippen molar-refractivity contribution in [2.24, 2.45) is 5.73 Å². The molecular weight excluding hydrogens is 286 g/mol. The second-order valence-corrected chi connectivity index (χ2v) is 5.68. The van der Waals surface area contributed by atoms with Crippen LogP contribution in [-0.4, -0.2) is 70.9 Å². The Morgan fingerprint density at radius 3 is 2.77 bits per heavy atom. The lowest BCUT2D eigenvalue weighted by Gasteiger charge is -2.28. The minimum atomic E-state index is -0.481. The van der Waals surface area contributed by atoms with E-state index in [1.165, 1.54) is 0 Å². The van der Waals surface area contributed by atoms with Gasteiger partial charge in [-0.1, -0.05) is 5.21 Å². The van der Waals surface area contributed by atoms with Crippen molar-refractivity contribution in [2.75, 3.05) is 37.6 Å². The largest absolute Gasteiger partial charge is 0.368 e. The summed E-state index contributed by atoms with van der Waals surface area (Å²) in [5.41, 5.74) is 6.06. The average molecular weight is 307 g/mol. The fourth-order valence-corrected chi connectivity index (χ4v) is 3.11. The predicted molar refractivity (Wildman–Crippen MR) is 79.1 cm³/mol. The van der Waals surface area contributed by atoms with E-state index in [0.29, 0.717) is 18.7 Å². The summed E-state index contributed by atoms with van der Waals surface area (Å²) in [5, 5.41) is 14.0. The van der Waals surface area contributed by atoms with Gasteiger partial charge >= 0.3 is 0 Å². The Labute approximate surface area is 128 Å². The van der Waals surface area contributed by atoms with Crippen molar-refractivity contribution >= 4 is 17.6 Å². The number of aromatic nitrogens is 3. The molecule has 3 heterocycles. The van der Waals surface area contributed by atoms with Crippen molar-refractivity contribution in [3.63, 3.8) is 0 Å². The van der Waals surface area contributed by atoms with E-state index in [1.807, 2.05) is 0 Å². The van der Waals surface area contributed by atoms with Crippen molar-refractivity contribution in [3.8, 4) is 0 Å². The van der Waals surface area contributed by atoms with Crippen LogP contribution < -0.4 is 16.0 Å². The first-order valence-corrected chi connectivity index (χ1v) is 7.61. The van der Waals surface area contributed by atoms with E-state index in [-0.39, 0.29) is 12.3 Å². The van der Waals surface area contributed by atoms with Gasteiger partial charge in [0.15, 0.2) is 5.82 Å². The number of H-pyrrole nitrogens is 1. The third-order valence-electron chi connectivity index (χ3n) is 4.25. The van der Waals surface area contributed by atoms with Crippen LogP contribution >= 0.6 is 0 Å². The second kappa shape index (κ2) is 6.30. The molecule has 2 aliphatic heterocycles. The van der Waals surface area contributed by atoms with Gasteiger partial charge in [-0.2, -0.15) is 0 Å². The number of piperazine rings is 1. The Hall–Kier alpha value is -2.16. The number of hydrogen-bond donors (Lipinski definition) is 3. The molecule has 1 aromatic heterocycles. The van der Waals surface area contributed by atoms with Crippen molar-refractivity contribution < 1.29 is 9.59 Å². The molecule has 2 aliphatic rings. The van der Waals surface area contributed by atoms with Crippen LogP contribution in [-0.2, 0) is 16.0 Å². The smallest absolute Gasteiger partial charge is 0.240 e. The fourth-order valence-electron chi connectivity index (χ4n) is 3.11. The van der Waals surface area contributed by atoms with Gasteiger partial charge < -0.3 is 20.9 Å². The number of anilines is 1. The van der Waals surface area contributed by atoms with Crippen LogP contribution in [0.5, 0.6) is 0 Å². The Bertz CT molecular complexity index is 552. The molecule has 2 fully saturated rings. The molecule has 0 saturated carbocycles. The van der Waals surface area contributed by atoms with Gasteiger partial charge in [0.05, 0.1) is 12.1 Å². The Kier molecular flexibility index (Phi) is 4.23. The SMILES string of the molecule is NC(=O)C1CCCN1C(=O)Cc1[nH]nnc1N1CCNCC1. The average Bonchev–Trinajstić information content (AvgIpc) is 3.17. The molecule has 22 heavy (non-hydrogen) atoms. The standard InChI is InChI=1S/C13H21N7O2/c14-12(22)10-2-1-5-20(10)11(21)8-9-13(17-18-16-9)19-6-3-15-4-7-19/h10,15H,1-8H2,(H2,14,22)(H,16,17,18). The lowest BCUT2D eigenvalue weighted by Crippen LogP contribution is -2.45. The number of carbonyl (C=O) groups excluding carboxylic acids is 2. The van der Waals surface area contributed by atoms with Crippen LogP contribution in [0.2, 0.25) is 0 Å². The Morgan fingerprint density at radius 1 is 1.27 bits per heavy atom. The second-order valence-electron chi connectivity index (χ2n) is 5.68. The van der Waals surface area contributed by atoms with Gasteiger partial charge in [0, 0.05) is 32.7 Å². The number of aromatic amines is 1. The number of amides is 2. The summed E-state index contributed by atoms with van der Waals surface area (Å²) in [4.78, 5) is 27.6. The number of carbonyl (C=O) groups is 2. The van der Waals surface area contributed by atoms with Crippen molar-refractivity contribution in [2.45, 2.75) is 25.3 Å². The highest BCUT2D eigenvalue weighted by atomic mass is 16.2. The Morgan fingerprint density at radius 2 is 2.05 bits per heavy atom. The molecule has 1 unspecified atom stereocenters. The molecule has 0 aromatic carbocycles. The van der Waals surface area contributed by atoms with Crippen molar-refractivity contribution in [3.05, 3.63) is 5.69 Å². The molecule has 2 saturated heterocycles. The summed E-state index contributed by atoms with van der Waals surface area (Å²) < 4.78 is 0. The molecule has 9 nitrogen and oxygen atoms in total. The number of primary amides is 1. The maximum atomic E-state index is 12.5. The van der Waals surface area contributed by atoms with Gasteiger partial charge in [-0.25, -0.2) is 0 Å². The summed E-state index contributed by atoms with van der Waals surface area (Å²) in [6.45, 7) is 4.02. The molecule has 4 N–H and O–H groups in total. The van der Waals surface area contributed by atoms with Gasteiger partial charge in [-0.3, -0.25) is 14.7 Å². The summed E-state index contributed by atoms with van der Waals surface area (Å²) in [6.07, 6.45) is 1.62. The maximum absolute atomic E-state index is 12.5. The zero-order valence-corrected chi connectivity index (χ0v) is 12.4. The molecule has 0 spiro atoms. The highest BCUT2D eigenvalue weighted by Gasteiger charge is 2.33. The highest BCUT2D eigenvalue weighted by molar-refractivity contribution is 5.88. The normalized spacial score (nSPS) is 22.1. The van der Waals surface area contributed by atoms with E-state index in [2.05, 4.69) is 25.6 Å². The first-order valence-electron chi connectivity index (χ1n) is 7.61. The highest BCUT2D eigenvalue weighted by Crippen LogP contribution is 2.21. The van der Waals surface area contributed by atoms with Crippen LogP contribution in [0.1, 0.15) is 18.5 Å². The molecule has 0 bridgehead atoms. The number of nitrogens with two attached hydrogens (primary N) is 1. The van der Waals surface area contributed by atoms with Crippen molar-refractivity contribution in [1.82, 2.24) is 25.6 Å². The van der Waals surface area contributed by atoms with E-state index >= 15 is 0 Å². The third-order valence-corrected chi connectivity index (χ3v) is 4.25. The topological polar surface area (TPSA) is 120 Å². The van der Waals surface area contributed by atoms with E-state index in [0.717, 1.165) is 38.4 Å². The number of likely N-dealkylation sites (tertiary alicyclic amines) is 1. The molecular formula is C13H21N7O2. The van der Waals surface area contributed by atoms with Crippen LogP contribution in [0.3, 0.4) is 0 Å². The minimum Gasteiger partial charge on any atom is -0.368 e. The van der Waals surface area contributed by atoms with E-state index in [4.69, 9.17) is 5.73 Å². The monoisotopic (exact) mass is 307 g/mol. The number of rotatable bonds is 4. The minimum absolute atomic E-state index is 0.108. The predicted octanol–water partition coefficient (Wildman–Crippen LogP) is -1.77. The van der Waals surface area contributed by atoms with Gasteiger partial charge in [0.25, 0.3) is 0 Å². The quantitative estimate of drug-likeness (QED) is 0.606.